The van der Waals surface area contributed by atoms with E-state index in [2.05, 4.69) is 4.98 Å². The van der Waals surface area contributed by atoms with Crippen molar-refractivity contribution in [2.24, 2.45) is 0 Å². The predicted octanol–water partition coefficient (Wildman–Crippen LogP) is 2.97. The number of benzene rings is 1. The highest BCUT2D eigenvalue weighted by Gasteiger charge is 2.19. The number of ether oxygens (including phenoxy) is 1. The number of rotatable bonds is 4. The first-order valence-electron chi connectivity index (χ1n) is 6.37. The van der Waals surface area contributed by atoms with Crippen LogP contribution in [0.4, 0.5) is 0 Å². The second-order valence-electron chi connectivity index (χ2n) is 4.54. The number of aromatic carboxylic acids is 1. The van der Waals surface area contributed by atoms with Gasteiger partial charge >= 0.3 is 5.97 Å². The summed E-state index contributed by atoms with van der Waals surface area (Å²) in [5, 5.41) is 18.9. The number of hydrogen-bond acceptors (Lipinski definition) is 4. The van der Waals surface area contributed by atoms with Crippen LogP contribution < -0.4 is 4.74 Å². The van der Waals surface area contributed by atoms with Crippen molar-refractivity contribution in [3.05, 3.63) is 59.1 Å². The molecule has 0 amide bonds. The molecule has 0 aliphatic rings. The molecule has 0 spiro atoms. The topological polar surface area (TPSA) is 84.1 Å². The van der Waals surface area contributed by atoms with Gasteiger partial charge in [0.1, 0.15) is 18.1 Å². The van der Waals surface area contributed by atoms with E-state index < -0.39 is 5.97 Å². The van der Waals surface area contributed by atoms with E-state index in [1.165, 1.54) is 12.1 Å². The van der Waals surface area contributed by atoms with Gasteiger partial charge in [-0.1, -0.05) is 17.7 Å². The van der Waals surface area contributed by atoms with Crippen LogP contribution in [0.25, 0.3) is 5.52 Å². The zero-order valence-electron chi connectivity index (χ0n) is 11.2. The number of carbonyl (C=O) groups is 1. The van der Waals surface area contributed by atoms with Crippen LogP contribution >= 0.6 is 11.6 Å². The average molecular weight is 319 g/mol. The summed E-state index contributed by atoms with van der Waals surface area (Å²) in [6, 6.07) is 9.61. The molecular weight excluding hydrogens is 308 g/mol. The second-order valence-corrected chi connectivity index (χ2v) is 4.95. The molecule has 3 rings (SSSR count). The predicted molar refractivity (Wildman–Crippen MR) is 79.6 cm³/mol. The lowest BCUT2D eigenvalue weighted by Crippen LogP contribution is -2.01. The van der Waals surface area contributed by atoms with E-state index in [1.807, 2.05) is 0 Å². The first kappa shape index (κ1) is 14.2. The van der Waals surface area contributed by atoms with E-state index in [9.17, 15) is 15.0 Å². The molecule has 0 radical (unpaired) electrons. The number of phenols is 1. The molecular formula is C15H11ClN2O4. The Morgan fingerprint density at radius 2 is 2.14 bits per heavy atom. The normalized spacial score (nSPS) is 10.8. The van der Waals surface area contributed by atoms with Crippen LogP contribution in [-0.4, -0.2) is 25.6 Å². The fourth-order valence-corrected chi connectivity index (χ4v) is 2.39. The van der Waals surface area contributed by atoms with Crippen molar-refractivity contribution < 1.29 is 19.7 Å². The summed E-state index contributed by atoms with van der Waals surface area (Å²) in [4.78, 5) is 15.4. The fraction of sp³-hybridized carbons (Fsp3) is 0.0667. The Kier molecular flexibility index (Phi) is 3.60. The Bertz CT molecular complexity index is 860. The van der Waals surface area contributed by atoms with Crippen molar-refractivity contribution in [3.8, 4) is 11.5 Å². The molecule has 22 heavy (non-hydrogen) atoms. The summed E-state index contributed by atoms with van der Waals surface area (Å²) in [6.07, 6.45) is 1.67. The van der Waals surface area contributed by atoms with Crippen LogP contribution in [0.2, 0.25) is 5.02 Å². The number of pyridine rings is 1. The first-order chi connectivity index (χ1) is 10.6. The molecule has 0 saturated heterocycles. The van der Waals surface area contributed by atoms with Crippen LogP contribution in [-0.2, 0) is 6.61 Å². The van der Waals surface area contributed by atoms with Crippen LogP contribution in [0.5, 0.6) is 11.5 Å². The van der Waals surface area contributed by atoms with Gasteiger partial charge in [-0.25, -0.2) is 9.78 Å². The molecule has 0 atom stereocenters. The van der Waals surface area contributed by atoms with Crippen molar-refractivity contribution in [1.82, 2.24) is 9.38 Å². The summed E-state index contributed by atoms with van der Waals surface area (Å²) in [6.45, 7) is 0.0399. The number of halogens is 1. The second kappa shape index (κ2) is 5.57. The van der Waals surface area contributed by atoms with Gasteiger partial charge in [-0.3, -0.25) is 4.40 Å². The van der Waals surface area contributed by atoms with Crippen LogP contribution in [0.15, 0.2) is 42.6 Å². The number of carboxylic acid groups (broad SMARTS) is 1. The van der Waals surface area contributed by atoms with Gasteiger partial charge in [0, 0.05) is 12.3 Å². The largest absolute Gasteiger partial charge is 0.508 e. The van der Waals surface area contributed by atoms with Crippen molar-refractivity contribution >= 4 is 23.1 Å². The average Bonchev–Trinajstić information content (AvgIpc) is 2.86. The van der Waals surface area contributed by atoms with Crippen LogP contribution in [0.3, 0.4) is 0 Å². The number of hydrogen-bond donors (Lipinski definition) is 2. The van der Waals surface area contributed by atoms with E-state index in [0.717, 1.165) is 0 Å². The van der Waals surface area contributed by atoms with Crippen molar-refractivity contribution in [2.45, 2.75) is 6.61 Å². The van der Waals surface area contributed by atoms with E-state index in [0.29, 0.717) is 22.1 Å². The van der Waals surface area contributed by atoms with Crippen molar-refractivity contribution in [2.75, 3.05) is 0 Å². The maximum atomic E-state index is 11.3. The minimum atomic E-state index is -1.16. The van der Waals surface area contributed by atoms with Crippen LogP contribution in [0, 0.1) is 0 Å². The molecule has 1 aromatic carbocycles. The first-order valence-corrected chi connectivity index (χ1v) is 6.74. The molecule has 112 valence electrons. The summed E-state index contributed by atoms with van der Waals surface area (Å²) in [7, 11) is 0. The molecule has 0 bridgehead atoms. The number of nitrogens with zero attached hydrogens (tertiary/aromatic N) is 2. The molecule has 0 aliphatic carbocycles. The molecule has 0 unspecified atom stereocenters. The highest BCUT2D eigenvalue weighted by atomic mass is 35.5. The van der Waals surface area contributed by atoms with E-state index in [1.54, 1.807) is 34.9 Å². The smallest absolute Gasteiger partial charge is 0.356 e. The van der Waals surface area contributed by atoms with Crippen LogP contribution in [0.1, 0.15) is 16.3 Å². The Hall–Kier alpha value is -2.73. The number of imidazole rings is 1. The van der Waals surface area contributed by atoms with Gasteiger partial charge in [-0.2, -0.15) is 0 Å². The lowest BCUT2D eigenvalue weighted by atomic mass is 10.3. The molecule has 0 saturated carbocycles. The number of carboxylic acids is 1. The van der Waals surface area contributed by atoms with Gasteiger partial charge in [0.2, 0.25) is 0 Å². The monoisotopic (exact) mass is 318 g/mol. The highest BCUT2D eigenvalue weighted by Crippen LogP contribution is 2.24. The lowest BCUT2D eigenvalue weighted by molar-refractivity contribution is 0.0693. The minimum absolute atomic E-state index is 0.0399. The molecule has 6 nitrogen and oxygen atoms in total. The van der Waals surface area contributed by atoms with Crippen molar-refractivity contribution in [3.63, 3.8) is 0 Å². The zero-order chi connectivity index (χ0) is 15.7. The molecule has 7 heteroatoms. The third-order valence-electron chi connectivity index (χ3n) is 3.08. The number of aromatic hydroxyl groups is 1. The molecule has 0 aliphatic heterocycles. The van der Waals surface area contributed by atoms with Gasteiger partial charge in [-0.05, 0) is 24.3 Å². The van der Waals surface area contributed by atoms with E-state index >= 15 is 0 Å². The summed E-state index contributed by atoms with van der Waals surface area (Å²) in [5.41, 5.74) is 0.200. The lowest BCUT2D eigenvalue weighted by Gasteiger charge is -2.06. The number of fused-ring (bicyclic) bond motifs is 1. The van der Waals surface area contributed by atoms with Gasteiger partial charge in [0.25, 0.3) is 0 Å². The number of phenolic OH excluding ortho intramolecular Hbond substituents is 1. The molecule has 2 heterocycles. The summed E-state index contributed by atoms with van der Waals surface area (Å²) in [5.74, 6) is -0.220. The molecule has 2 aromatic heterocycles. The third kappa shape index (κ3) is 2.56. The van der Waals surface area contributed by atoms with Gasteiger partial charge < -0.3 is 14.9 Å². The maximum absolute atomic E-state index is 11.3. The quantitative estimate of drug-likeness (QED) is 0.772. The Balaban J connectivity index is 1.97. The zero-order valence-corrected chi connectivity index (χ0v) is 12.0. The van der Waals surface area contributed by atoms with Crippen molar-refractivity contribution in [1.29, 1.82) is 0 Å². The highest BCUT2D eigenvalue weighted by molar-refractivity contribution is 6.34. The van der Waals surface area contributed by atoms with Gasteiger partial charge in [0.15, 0.2) is 11.5 Å². The minimum Gasteiger partial charge on any atom is -0.508 e. The SMILES string of the molecule is O=C(O)c1nc(COc2cccc(O)c2)n2cccc(Cl)c12. The third-order valence-corrected chi connectivity index (χ3v) is 3.38. The molecule has 2 N–H and O–H groups in total. The fourth-order valence-electron chi connectivity index (χ4n) is 2.13. The Morgan fingerprint density at radius 1 is 1.32 bits per heavy atom. The summed E-state index contributed by atoms with van der Waals surface area (Å²) < 4.78 is 7.11. The Morgan fingerprint density at radius 3 is 2.86 bits per heavy atom. The van der Waals surface area contributed by atoms with E-state index in [4.69, 9.17) is 16.3 Å². The summed E-state index contributed by atoms with van der Waals surface area (Å²) >= 11 is 6.06. The standard InChI is InChI=1S/C15H11ClN2O4/c16-11-5-2-6-18-12(17-13(14(11)18)15(20)21)8-22-10-4-1-3-9(19)7-10/h1-7,19H,8H2,(H,20,21). The Labute approximate surface area is 130 Å². The van der Waals surface area contributed by atoms with Gasteiger partial charge in [-0.15, -0.1) is 0 Å². The number of aromatic nitrogens is 2. The van der Waals surface area contributed by atoms with E-state index in [-0.39, 0.29) is 18.1 Å². The molecule has 0 fully saturated rings. The van der Waals surface area contributed by atoms with Gasteiger partial charge in [0.05, 0.1) is 10.5 Å². The molecule has 3 aromatic rings. The maximum Gasteiger partial charge on any atom is 0.356 e.